The Labute approximate surface area is 183 Å². The van der Waals surface area contributed by atoms with E-state index in [9.17, 15) is 10.1 Å². The van der Waals surface area contributed by atoms with E-state index in [2.05, 4.69) is 26.8 Å². The Balaban J connectivity index is 1.73. The number of pyridine rings is 2. The number of nitrogens with one attached hydrogen (secondary N) is 2. The zero-order chi connectivity index (χ0) is 21.7. The van der Waals surface area contributed by atoms with E-state index in [-0.39, 0.29) is 11.5 Å². The van der Waals surface area contributed by atoms with E-state index in [4.69, 9.17) is 28.9 Å². The predicted molar refractivity (Wildman–Crippen MR) is 120 cm³/mol. The van der Waals surface area contributed by atoms with Crippen LogP contribution < -0.4 is 16.4 Å². The molecule has 1 aromatic carbocycles. The number of aromatic nitrogens is 2. The number of nitro groups is 1. The van der Waals surface area contributed by atoms with Gasteiger partial charge < -0.3 is 16.4 Å². The van der Waals surface area contributed by atoms with Crippen molar-refractivity contribution in [3.63, 3.8) is 0 Å². The minimum absolute atomic E-state index is 0.128. The van der Waals surface area contributed by atoms with Gasteiger partial charge in [0, 0.05) is 29.7 Å². The average molecular weight is 446 g/mol. The predicted octanol–water partition coefficient (Wildman–Crippen LogP) is 4.83. The van der Waals surface area contributed by atoms with Crippen LogP contribution in [0, 0.1) is 16.3 Å². The molecular weight excluding hydrogens is 427 g/mol. The average Bonchev–Trinajstić information content (AvgIpc) is 2.69. The summed E-state index contributed by atoms with van der Waals surface area (Å²) < 4.78 is 0. The maximum Gasteiger partial charge on any atom is 0.311 e. The molecule has 2 aromatic heterocycles. The highest BCUT2D eigenvalue weighted by Crippen LogP contribution is 2.34. The number of halogens is 2. The van der Waals surface area contributed by atoms with Gasteiger partial charge in [0.05, 0.1) is 27.5 Å². The standard InChI is InChI=1S/C20H19Cl2N6O2/c1-2-24-16-9-12(11-26-19(16)14-4-3-13(21)10-15(14)22)7-8-25-18-6-5-17(28(29)30)20(23)27-18/h3-6,9-10,24H,2,7-8H2,1H3,(H3,23,25,27). The Hall–Kier alpha value is -3.10. The summed E-state index contributed by atoms with van der Waals surface area (Å²) in [6.45, 7) is 3.23. The first kappa shape index (κ1) is 21.6. The van der Waals surface area contributed by atoms with Gasteiger partial charge in [-0.25, -0.2) is 9.97 Å². The fourth-order valence-corrected chi connectivity index (χ4v) is 3.35. The second-order valence-corrected chi connectivity index (χ2v) is 7.19. The van der Waals surface area contributed by atoms with Gasteiger partial charge in [-0.2, -0.15) is 0 Å². The van der Waals surface area contributed by atoms with Gasteiger partial charge in [0.25, 0.3) is 0 Å². The van der Waals surface area contributed by atoms with Crippen molar-refractivity contribution in [1.29, 1.82) is 0 Å². The van der Waals surface area contributed by atoms with Crippen molar-refractivity contribution in [2.24, 2.45) is 0 Å². The van der Waals surface area contributed by atoms with Crippen LogP contribution in [-0.2, 0) is 6.42 Å². The fraction of sp³-hybridized carbons (Fsp3) is 0.200. The van der Waals surface area contributed by atoms with Gasteiger partial charge in [-0.3, -0.25) is 10.1 Å². The monoisotopic (exact) mass is 445 g/mol. The molecule has 3 aromatic rings. The van der Waals surface area contributed by atoms with Crippen molar-refractivity contribution in [2.45, 2.75) is 13.3 Å². The van der Waals surface area contributed by atoms with Crippen molar-refractivity contribution >= 4 is 46.2 Å². The molecule has 2 heterocycles. The minimum atomic E-state index is -0.566. The first-order valence-corrected chi connectivity index (χ1v) is 9.90. The molecule has 0 aliphatic carbocycles. The van der Waals surface area contributed by atoms with Crippen LogP contribution in [0.15, 0.2) is 36.4 Å². The van der Waals surface area contributed by atoms with Gasteiger partial charge in [0.2, 0.25) is 5.82 Å². The number of benzene rings is 1. The van der Waals surface area contributed by atoms with Crippen molar-refractivity contribution in [3.05, 3.63) is 68.3 Å². The lowest BCUT2D eigenvalue weighted by atomic mass is 10.1. The Morgan fingerprint density at radius 2 is 2.00 bits per heavy atom. The molecule has 0 bridgehead atoms. The third-order valence-electron chi connectivity index (χ3n) is 4.24. The largest absolute Gasteiger partial charge is 0.384 e. The molecule has 1 radical (unpaired) electrons. The lowest BCUT2D eigenvalue weighted by Gasteiger charge is -2.13. The van der Waals surface area contributed by atoms with Gasteiger partial charge in [-0.05, 0) is 49.2 Å². The van der Waals surface area contributed by atoms with Crippen molar-refractivity contribution in [2.75, 3.05) is 29.5 Å². The van der Waals surface area contributed by atoms with E-state index in [1.807, 2.05) is 19.1 Å². The van der Waals surface area contributed by atoms with Crippen LogP contribution >= 0.6 is 23.2 Å². The molecule has 3 rings (SSSR count). The summed E-state index contributed by atoms with van der Waals surface area (Å²) >= 11 is 12.3. The Morgan fingerprint density at radius 1 is 1.20 bits per heavy atom. The van der Waals surface area contributed by atoms with E-state index < -0.39 is 4.92 Å². The van der Waals surface area contributed by atoms with Gasteiger partial charge in [0.1, 0.15) is 5.82 Å². The number of hydrogen-bond donors (Lipinski definition) is 3. The molecular formula is C20H19Cl2N6O2. The van der Waals surface area contributed by atoms with Crippen LogP contribution in [0.1, 0.15) is 12.5 Å². The smallest absolute Gasteiger partial charge is 0.311 e. The summed E-state index contributed by atoms with van der Waals surface area (Å²) in [5.41, 5.74) is 8.58. The molecule has 0 spiro atoms. The molecule has 10 heteroatoms. The molecule has 4 N–H and O–H groups in total. The van der Waals surface area contributed by atoms with Crippen LogP contribution in [0.4, 0.5) is 23.0 Å². The first-order chi connectivity index (χ1) is 14.4. The van der Waals surface area contributed by atoms with Crippen molar-refractivity contribution < 1.29 is 4.92 Å². The van der Waals surface area contributed by atoms with Crippen LogP contribution in [0.3, 0.4) is 0 Å². The highest BCUT2D eigenvalue weighted by atomic mass is 35.5. The third kappa shape index (κ3) is 5.08. The Bertz CT molecular complexity index is 1080. The SMILES string of the molecule is CCNc1cc(CCNc2ccc([N+](=O)[O-])c(N)n2)[c]nc1-c1ccc(Cl)cc1Cl. The summed E-state index contributed by atoms with van der Waals surface area (Å²) in [6, 6.07) is 10.1. The molecule has 0 atom stereocenters. The zero-order valence-electron chi connectivity index (χ0n) is 16.1. The molecule has 0 unspecified atom stereocenters. The molecule has 0 amide bonds. The van der Waals surface area contributed by atoms with Crippen LogP contribution in [0.5, 0.6) is 0 Å². The summed E-state index contributed by atoms with van der Waals surface area (Å²) in [7, 11) is 0. The van der Waals surface area contributed by atoms with Gasteiger partial charge >= 0.3 is 5.69 Å². The van der Waals surface area contributed by atoms with E-state index in [1.54, 1.807) is 12.1 Å². The number of nitrogens with two attached hydrogens (primary N) is 1. The van der Waals surface area contributed by atoms with E-state index in [0.29, 0.717) is 41.1 Å². The second-order valence-electron chi connectivity index (χ2n) is 6.34. The number of hydrogen-bond acceptors (Lipinski definition) is 7. The molecule has 0 fully saturated rings. The molecule has 0 saturated carbocycles. The Morgan fingerprint density at radius 3 is 2.67 bits per heavy atom. The van der Waals surface area contributed by atoms with Gasteiger partial charge in [-0.15, -0.1) is 0 Å². The van der Waals surface area contributed by atoms with Gasteiger partial charge in [0.15, 0.2) is 0 Å². The summed E-state index contributed by atoms with van der Waals surface area (Å²) in [4.78, 5) is 18.7. The molecule has 0 aliphatic rings. The summed E-state index contributed by atoms with van der Waals surface area (Å²) in [5.74, 6) is 0.333. The van der Waals surface area contributed by atoms with Gasteiger partial charge in [-0.1, -0.05) is 23.2 Å². The van der Waals surface area contributed by atoms with Crippen LogP contribution in [0.2, 0.25) is 10.0 Å². The normalized spacial score (nSPS) is 10.6. The number of nitrogen functional groups attached to an aromatic ring is 1. The Kier molecular flexibility index (Phi) is 6.91. The summed E-state index contributed by atoms with van der Waals surface area (Å²) in [6.07, 6.45) is 3.65. The molecule has 0 aliphatic heterocycles. The zero-order valence-corrected chi connectivity index (χ0v) is 17.6. The lowest BCUT2D eigenvalue weighted by Crippen LogP contribution is -2.09. The quantitative estimate of drug-likeness (QED) is 0.335. The number of anilines is 3. The topological polar surface area (TPSA) is 119 Å². The molecule has 155 valence electrons. The van der Waals surface area contributed by atoms with E-state index in [0.717, 1.165) is 16.8 Å². The van der Waals surface area contributed by atoms with Crippen molar-refractivity contribution in [1.82, 2.24) is 9.97 Å². The first-order valence-electron chi connectivity index (χ1n) is 9.14. The molecule has 0 saturated heterocycles. The minimum Gasteiger partial charge on any atom is -0.384 e. The second kappa shape index (κ2) is 9.60. The highest BCUT2D eigenvalue weighted by molar-refractivity contribution is 6.36. The van der Waals surface area contributed by atoms with E-state index >= 15 is 0 Å². The van der Waals surface area contributed by atoms with Crippen molar-refractivity contribution in [3.8, 4) is 11.3 Å². The molecule has 8 nitrogen and oxygen atoms in total. The maximum absolute atomic E-state index is 10.8. The lowest BCUT2D eigenvalue weighted by molar-refractivity contribution is -0.384. The molecule has 30 heavy (non-hydrogen) atoms. The van der Waals surface area contributed by atoms with Crippen LogP contribution in [-0.4, -0.2) is 28.0 Å². The number of rotatable bonds is 8. The van der Waals surface area contributed by atoms with Crippen LogP contribution in [0.25, 0.3) is 11.3 Å². The maximum atomic E-state index is 10.8. The summed E-state index contributed by atoms with van der Waals surface area (Å²) in [5, 5.41) is 18.3. The van der Waals surface area contributed by atoms with E-state index in [1.165, 1.54) is 12.1 Å². The fourth-order valence-electron chi connectivity index (χ4n) is 2.85. The third-order valence-corrected chi connectivity index (χ3v) is 4.79. The highest BCUT2D eigenvalue weighted by Gasteiger charge is 2.14. The number of nitrogens with zero attached hydrogens (tertiary/aromatic N) is 3.